The standard InChI is InChI=1S/C14H14ClFN2O/c1-2-17-13-8-3-5-10(18-13)9-19-12-7-4-6-11(15)14(12)16/h3-8H,2,9H2,1H3,(H,17,18). The van der Waals surface area contributed by atoms with E-state index in [1.54, 1.807) is 6.07 Å². The molecule has 0 atom stereocenters. The van der Waals surface area contributed by atoms with Crippen molar-refractivity contribution in [3.8, 4) is 5.75 Å². The largest absolute Gasteiger partial charge is 0.484 e. The molecule has 0 fully saturated rings. The Morgan fingerprint density at radius 1 is 1.26 bits per heavy atom. The first kappa shape index (κ1) is 13.6. The monoisotopic (exact) mass is 280 g/mol. The second kappa shape index (κ2) is 6.38. The van der Waals surface area contributed by atoms with Crippen LogP contribution in [0.2, 0.25) is 5.02 Å². The van der Waals surface area contributed by atoms with Gasteiger partial charge in [0.2, 0.25) is 0 Å². The number of aromatic nitrogens is 1. The van der Waals surface area contributed by atoms with Gasteiger partial charge in [0.05, 0.1) is 10.7 Å². The summed E-state index contributed by atoms with van der Waals surface area (Å²) in [5.74, 6) is 0.352. The Hall–Kier alpha value is -1.81. The summed E-state index contributed by atoms with van der Waals surface area (Å²) < 4.78 is 19.0. The van der Waals surface area contributed by atoms with Crippen LogP contribution in [-0.4, -0.2) is 11.5 Å². The summed E-state index contributed by atoms with van der Waals surface area (Å²) in [5.41, 5.74) is 0.720. The number of pyridine rings is 1. The van der Waals surface area contributed by atoms with E-state index in [2.05, 4.69) is 10.3 Å². The van der Waals surface area contributed by atoms with E-state index in [4.69, 9.17) is 16.3 Å². The number of nitrogens with zero attached hydrogens (tertiary/aromatic N) is 1. The van der Waals surface area contributed by atoms with Gasteiger partial charge in [0.15, 0.2) is 11.6 Å². The van der Waals surface area contributed by atoms with Crippen molar-refractivity contribution < 1.29 is 9.13 Å². The maximum absolute atomic E-state index is 13.6. The molecule has 0 saturated heterocycles. The van der Waals surface area contributed by atoms with Gasteiger partial charge in [-0.25, -0.2) is 9.37 Å². The molecule has 0 unspecified atom stereocenters. The van der Waals surface area contributed by atoms with Crippen LogP contribution >= 0.6 is 11.6 Å². The molecule has 1 aromatic carbocycles. The average molecular weight is 281 g/mol. The summed E-state index contributed by atoms with van der Waals surface area (Å²) in [7, 11) is 0. The number of ether oxygens (including phenoxy) is 1. The molecule has 0 amide bonds. The zero-order valence-corrected chi connectivity index (χ0v) is 11.2. The molecule has 19 heavy (non-hydrogen) atoms. The number of halogens is 2. The SMILES string of the molecule is CCNc1cccc(COc2cccc(Cl)c2F)n1. The van der Waals surface area contributed by atoms with Crippen molar-refractivity contribution in [2.45, 2.75) is 13.5 Å². The normalized spacial score (nSPS) is 10.3. The van der Waals surface area contributed by atoms with Gasteiger partial charge >= 0.3 is 0 Å². The molecule has 3 nitrogen and oxygen atoms in total. The zero-order chi connectivity index (χ0) is 13.7. The molecule has 5 heteroatoms. The molecular formula is C14H14ClFN2O. The third-order valence-electron chi connectivity index (χ3n) is 2.46. The minimum Gasteiger partial charge on any atom is -0.484 e. The van der Waals surface area contributed by atoms with Gasteiger partial charge in [0, 0.05) is 6.54 Å². The fourth-order valence-electron chi connectivity index (χ4n) is 1.59. The lowest BCUT2D eigenvalue weighted by atomic mass is 10.3. The molecule has 0 aliphatic heterocycles. The third-order valence-corrected chi connectivity index (χ3v) is 2.75. The van der Waals surface area contributed by atoms with Crippen LogP contribution in [0, 0.1) is 5.82 Å². The molecule has 0 aliphatic carbocycles. The Bertz CT molecular complexity index is 563. The molecular weight excluding hydrogens is 267 g/mol. The molecule has 100 valence electrons. The highest BCUT2D eigenvalue weighted by atomic mass is 35.5. The highest BCUT2D eigenvalue weighted by molar-refractivity contribution is 6.30. The second-order valence-electron chi connectivity index (χ2n) is 3.89. The van der Waals surface area contributed by atoms with E-state index < -0.39 is 5.82 Å². The molecule has 0 radical (unpaired) electrons. The van der Waals surface area contributed by atoms with Crippen LogP contribution in [0.3, 0.4) is 0 Å². The molecule has 1 heterocycles. The zero-order valence-electron chi connectivity index (χ0n) is 10.5. The first-order valence-electron chi connectivity index (χ1n) is 5.97. The molecule has 0 aliphatic rings. The molecule has 1 N–H and O–H groups in total. The van der Waals surface area contributed by atoms with Crippen molar-refractivity contribution in [3.05, 3.63) is 52.9 Å². The molecule has 0 saturated carbocycles. The summed E-state index contributed by atoms with van der Waals surface area (Å²) in [6.45, 7) is 2.98. The van der Waals surface area contributed by atoms with E-state index in [1.165, 1.54) is 12.1 Å². The van der Waals surface area contributed by atoms with Gasteiger partial charge in [-0.2, -0.15) is 0 Å². The van der Waals surface area contributed by atoms with E-state index in [0.717, 1.165) is 18.1 Å². The van der Waals surface area contributed by atoms with Gasteiger partial charge in [0.25, 0.3) is 0 Å². The topological polar surface area (TPSA) is 34.1 Å². The smallest absolute Gasteiger partial charge is 0.183 e. The lowest BCUT2D eigenvalue weighted by Crippen LogP contribution is -2.04. The fourth-order valence-corrected chi connectivity index (χ4v) is 1.75. The van der Waals surface area contributed by atoms with Crippen LogP contribution in [0.5, 0.6) is 5.75 Å². The Morgan fingerprint density at radius 2 is 2.05 bits per heavy atom. The summed E-state index contributed by atoms with van der Waals surface area (Å²) in [5, 5.41) is 3.15. The van der Waals surface area contributed by atoms with Gasteiger partial charge in [-0.3, -0.25) is 0 Å². The maximum Gasteiger partial charge on any atom is 0.183 e. The molecule has 0 spiro atoms. The van der Waals surface area contributed by atoms with Crippen molar-refractivity contribution in [1.82, 2.24) is 4.98 Å². The minimum atomic E-state index is -0.549. The van der Waals surface area contributed by atoms with Crippen molar-refractivity contribution >= 4 is 17.4 Å². The quantitative estimate of drug-likeness (QED) is 0.902. The van der Waals surface area contributed by atoms with Gasteiger partial charge < -0.3 is 10.1 Å². The predicted octanol–water partition coefficient (Wildman–Crippen LogP) is 3.88. The third kappa shape index (κ3) is 3.58. The lowest BCUT2D eigenvalue weighted by Gasteiger charge is -2.09. The summed E-state index contributed by atoms with van der Waals surface area (Å²) in [6.07, 6.45) is 0. The number of benzene rings is 1. The Labute approximate surface area is 116 Å². The first-order valence-corrected chi connectivity index (χ1v) is 6.35. The molecule has 2 aromatic rings. The Kier molecular flexibility index (Phi) is 4.58. The lowest BCUT2D eigenvalue weighted by molar-refractivity contribution is 0.286. The molecule has 2 rings (SSSR count). The summed E-state index contributed by atoms with van der Waals surface area (Å²) in [4.78, 5) is 4.34. The van der Waals surface area contributed by atoms with Gasteiger partial charge in [-0.15, -0.1) is 0 Å². The van der Waals surface area contributed by atoms with Crippen LogP contribution in [0.15, 0.2) is 36.4 Å². The number of rotatable bonds is 5. The average Bonchev–Trinajstić information content (AvgIpc) is 2.41. The second-order valence-corrected chi connectivity index (χ2v) is 4.29. The highest BCUT2D eigenvalue weighted by Crippen LogP contribution is 2.24. The Morgan fingerprint density at radius 3 is 2.84 bits per heavy atom. The highest BCUT2D eigenvalue weighted by Gasteiger charge is 2.07. The predicted molar refractivity (Wildman–Crippen MR) is 74.1 cm³/mol. The van der Waals surface area contributed by atoms with E-state index in [1.807, 2.05) is 25.1 Å². The summed E-state index contributed by atoms with van der Waals surface area (Å²) >= 11 is 5.68. The minimum absolute atomic E-state index is 0.0480. The van der Waals surface area contributed by atoms with E-state index in [0.29, 0.717) is 0 Å². The van der Waals surface area contributed by atoms with Crippen LogP contribution in [0.4, 0.5) is 10.2 Å². The van der Waals surface area contributed by atoms with Gasteiger partial charge in [-0.1, -0.05) is 23.7 Å². The van der Waals surface area contributed by atoms with E-state index in [9.17, 15) is 4.39 Å². The van der Waals surface area contributed by atoms with Crippen LogP contribution in [0.25, 0.3) is 0 Å². The summed E-state index contributed by atoms with van der Waals surface area (Å²) in [6, 6.07) is 10.2. The van der Waals surface area contributed by atoms with Crippen LogP contribution in [-0.2, 0) is 6.61 Å². The fraction of sp³-hybridized carbons (Fsp3) is 0.214. The number of hydrogen-bond donors (Lipinski definition) is 1. The molecule has 0 bridgehead atoms. The van der Waals surface area contributed by atoms with E-state index in [-0.39, 0.29) is 17.4 Å². The van der Waals surface area contributed by atoms with Crippen molar-refractivity contribution in [1.29, 1.82) is 0 Å². The first-order chi connectivity index (χ1) is 9.20. The van der Waals surface area contributed by atoms with Gasteiger partial charge in [0.1, 0.15) is 12.4 Å². The van der Waals surface area contributed by atoms with Crippen molar-refractivity contribution in [3.63, 3.8) is 0 Å². The number of hydrogen-bond acceptors (Lipinski definition) is 3. The van der Waals surface area contributed by atoms with Crippen LogP contribution < -0.4 is 10.1 Å². The van der Waals surface area contributed by atoms with Crippen molar-refractivity contribution in [2.24, 2.45) is 0 Å². The van der Waals surface area contributed by atoms with Crippen LogP contribution in [0.1, 0.15) is 12.6 Å². The van der Waals surface area contributed by atoms with E-state index >= 15 is 0 Å². The number of anilines is 1. The van der Waals surface area contributed by atoms with Crippen molar-refractivity contribution in [2.75, 3.05) is 11.9 Å². The number of nitrogens with one attached hydrogen (secondary N) is 1. The maximum atomic E-state index is 13.6. The van der Waals surface area contributed by atoms with Gasteiger partial charge in [-0.05, 0) is 31.2 Å². The molecule has 1 aromatic heterocycles. The Balaban J connectivity index is 2.06.